The summed E-state index contributed by atoms with van der Waals surface area (Å²) in [6, 6.07) is 5.85. The molecule has 2 rings (SSSR count). The van der Waals surface area contributed by atoms with Gasteiger partial charge < -0.3 is 5.73 Å². The molecule has 0 aliphatic heterocycles. The van der Waals surface area contributed by atoms with Crippen molar-refractivity contribution in [2.24, 2.45) is 5.73 Å². The molecule has 0 bridgehead atoms. The van der Waals surface area contributed by atoms with Crippen molar-refractivity contribution >= 4 is 59.8 Å². The van der Waals surface area contributed by atoms with Crippen molar-refractivity contribution in [2.75, 3.05) is 4.72 Å². The number of hydrogen-bond donors (Lipinski definition) is 2. The quantitative estimate of drug-likeness (QED) is 0.833. The van der Waals surface area contributed by atoms with Crippen LogP contribution in [0.25, 0.3) is 0 Å². The molecule has 1 aromatic heterocycles. The van der Waals surface area contributed by atoms with E-state index in [1.165, 1.54) is 18.2 Å². The second-order valence-corrected chi connectivity index (χ2v) is 7.60. The van der Waals surface area contributed by atoms with Crippen molar-refractivity contribution in [3.05, 3.63) is 44.7 Å². The summed E-state index contributed by atoms with van der Waals surface area (Å²) >= 11 is 10.2. The number of benzene rings is 1. The van der Waals surface area contributed by atoms with E-state index in [0.717, 1.165) is 11.3 Å². The molecule has 0 aliphatic rings. The Labute approximate surface area is 132 Å². The third kappa shape index (κ3) is 3.14. The lowest BCUT2D eigenvalue weighted by molar-refractivity contribution is 0.100. The molecule has 3 N–H and O–H groups in total. The van der Waals surface area contributed by atoms with Crippen LogP contribution in [0.1, 0.15) is 10.4 Å². The predicted molar refractivity (Wildman–Crippen MR) is 82.8 cm³/mol. The van der Waals surface area contributed by atoms with E-state index in [4.69, 9.17) is 17.3 Å². The van der Waals surface area contributed by atoms with Crippen LogP contribution in [0.2, 0.25) is 5.02 Å². The Morgan fingerprint density at radius 3 is 2.65 bits per heavy atom. The number of anilines is 1. The summed E-state index contributed by atoms with van der Waals surface area (Å²) in [6.45, 7) is 0. The smallest absolute Gasteiger partial charge is 0.264 e. The number of nitrogens with two attached hydrogens (primary N) is 1. The molecule has 2 aromatic rings. The first-order valence-corrected chi connectivity index (χ1v) is 8.70. The molecule has 0 saturated heterocycles. The summed E-state index contributed by atoms with van der Waals surface area (Å²) in [6.07, 6.45) is 0. The molecule has 0 unspecified atom stereocenters. The van der Waals surface area contributed by atoms with Gasteiger partial charge in [-0.05, 0) is 29.6 Å². The van der Waals surface area contributed by atoms with Gasteiger partial charge >= 0.3 is 0 Å². The standard InChI is InChI=1S/C11H8BrClN2O3S2/c12-6-1-2-9(8(13)5-6)20(17,18)15-11-7(10(14)16)3-4-19-11/h1-5,15H,(H2,14,16). The van der Waals surface area contributed by atoms with Gasteiger partial charge in [-0.25, -0.2) is 8.42 Å². The van der Waals surface area contributed by atoms with Crippen LogP contribution in [0.3, 0.4) is 0 Å². The highest BCUT2D eigenvalue weighted by molar-refractivity contribution is 9.10. The summed E-state index contributed by atoms with van der Waals surface area (Å²) < 4.78 is 27.5. The zero-order chi connectivity index (χ0) is 14.9. The number of thiophene rings is 1. The maximum Gasteiger partial charge on any atom is 0.264 e. The zero-order valence-corrected chi connectivity index (χ0v) is 13.7. The van der Waals surface area contributed by atoms with Gasteiger partial charge in [0.05, 0.1) is 10.6 Å². The van der Waals surface area contributed by atoms with E-state index in [9.17, 15) is 13.2 Å². The van der Waals surface area contributed by atoms with Crippen molar-refractivity contribution in [3.8, 4) is 0 Å². The SMILES string of the molecule is NC(=O)c1ccsc1NS(=O)(=O)c1ccc(Br)cc1Cl. The van der Waals surface area contributed by atoms with E-state index in [1.807, 2.05) is 0 Å². The minimum atomic E-state index is -3.89. The number of carbonyl (C=O) groups excluding carboxylic acids is 1. The number of hydrogen-bond acceptors (Lipinski definition) is 4. The lowest BCUT2D eigenvalue weighted by Crippen LogP contribution is -2.17. The number of nitrogens with one attached hydrogen (secondary N) is 1. The molecule has 0 spiro atoms. The monoisotopic (exact) mass is 394 g/mol. The zero-order valence-electron chi connectivity index (χ0n) is 9.76. The van der Waals surface area contributed by atoms with Gasteiger partial charge in [0.1, 0.15) is 9.90 Å². The summed E-state index contributed by atoms with van der Waals surface area (Å²) in [5, 5.41) is 1.81. The maximum absolute atomic E-state index is 12.3. The lowest BCUT2D eigenvalue weighted by atomic mass is 10.3. The first-order valence-electron chi connectivity index (χ1n) is 5.16. The Kier molecular flexibility index (Phi) is 4.38. The van der Waals surface area contributed by atoms with Crippen molar-refractivity contribution in [2.45, 2.75) is 4.90 Å². The molecule has 1 heterocycles. The molecule has 0 aliphatic carbocycles. The topological polar surface area (TPSA) is 89.3 Å². The summed E-state index contributed by atoms with van der Waals surface area (Å²) in [5.74, 6) is -0.703. The van der Waals surface area contributed by atoms with Crippen LogP contribution in [-0.4, -0.2) is 14.3 Å². The second kappa shape index (κ2) is 5.72. The number of amides is 1. The first-order chi connectivity index (χ1) is 9.31. The molecule has 0 radical (unpaired) electrons. The molecule has 0 fully saturated rings. The summed E-state index contributed by atoms with van der Waals surface area (Å²) in [5.41, 5.74) is 5.28. The van der Waals surface area contributed by atoms with E-state index in [1.54, 1.807) is 11.4 Å². The lowest BCUT2D eigenvalue weighted by Gasteiger charge is -2.09. The molecular weight excluding hydrogens is 388 g/mol. The fourth-order valence-corrected chi connectivity index (χ4v) is 4.61. The molecule has 106 valence electrons. The highest BCUT2D eigenvalue weighted by Gasteiger charge is 2.21. The molecule has 20 heavy (non-hydrogen) atoms. The molecule has 1 amide bonds. The number of carbonyl (C=O) groups is 1. The van der Waals surface area contributed by atoms with Crippen LogP contribution in [0.15, 0.2) is 39.0 Å². The highest BCUT2D eigenvalue weighted by Crippen LogP contribution is 2.30. The molecular formula is C11H8BrClN2O3S2. The average molecular weight is 396 g/mol. The fourth-order valence-electron chi connectivity index (χ4n) is 1.45. The van der Waals surface area contributed by atoms with Gasteiger partial charge in [-0.15, -0.1) is 11.3 Å². The van der Waals surface area contributed by atoms with Crippen LogP contribution in [0.4, 0.5) is 5.00 Å². The number of sulfonamides is 1. The molecule has 0 saturated carbocycles. The van der Waals surface area contributed by atoms with Gasteiger partial charge in [-0.2, -0.15) is 0 Å². The third-order valence-corrected chi connectivity index (χ3v) is 5.63. The van der Waals surface area contributed by atoms with Crippen molar-refractivity contribution < 1.29 is 13.2 Å². The van der Waals surface area contributed by atoms with Gasteiger partial charge in [0, 0.05) is 4.47 Å². The Morgan fingerprint density at radius 2 is 2.05 bits per heavy atom. The molecule has 9 heteroatoms. The van der Waals surface area contributed by atoms with Gasteiger partial charge in [0.15, 0.2) is 0 Å². The summed E-state index contributed by atoms with van der Waals surface area (Å²) in [7, 11) is -3.89. The Balaban J connectivity index is 2.41. The normalized spacial score (nSPS) is 11.3. The number of rotatable bonds is 4. The van der Waals surface area contributed by atoms with Crippen LogP contribution >= 0.6 is 38.9 Å². The van der Waals surface area contributed by atoms with Gasteiger partial charge in [-0.3, -0.25) is 9.52 Å². The fraction of sp³-hybridized carbons (Fsp3) is 0. The first kappa shape index (κ1) is 15.3. The van der Waals surface area contributed by atoms with E-state index in [2.05, 4.69) is 20.7 Å². The van der Waals surface area contributed by atoms with Crippen molar-refractivity contribution in [1.29, 1.82) is 0 Å². The van der Waals surface area contributed by atoms with Crippen molar-refractivity contribution in [1.82, 2.24) is 0 Å². The Hall–Kier alpha value is -1.09. The van der Waals surface area contributed by atoms with Gasteiger partial charge in [0.25, 0.3) is 15.9 Å². The highest BCUT2D eigenvalue weighted by atomic mass is 79.9. The maximum atomic E-state index is 12.3. The molecule has 5 nitrogen and oxygen atoms in total. The predicted octanol–water partition coefficient (Wildman–Crippen LogP) is 3.06. The summed E-state index contributed by atoms with van der Waals surface area (Å²) in [4.78, 5) is 11.1. The van der Waals surface area contributed by atoms with Crippen LogP contribution in [0, 0.1) is 0 Å². The van der Waals surface area contributed by atoms with E-state index >= 15 is 0 Å². The molecule has 0 atom stereocenters. The minimum Gasteiger partial charge on any atom is -0.366 e. The second-order valence-electron chi connectivity index (χ2n) is 3.71. The van der Waals surface area contributed by atoms with E-state index in [0.29, 0.717) is 4.47 Å². The van der Waals surface area contributed by atoms with E-state index in [-0.39, 0.29) is 20.5 Å². The third-order valence-electron chi connectivity index (χ3n) is 2.34. The van der Waals surface area contributed by atoms with Gasteiger partial charge in [-0.1, -0.05) is 27.5 Å². The van der Waals surface area contributed by atoms with Crippen molar-refractivity contribution in [3.63, 3.8) is 0 Å². The largest absolute Gasteiger partial charge is 0.366 e. The average Bonchev–Trinajstić information content (AvgIpc) is 2.75. The number of halogens is 2. The van der Waals surface area contributed by atoms with Crippen LogP contribution < -0.4 is 10.5 Å². The van der Waals surface area contributed by atoms with E-state index < -0.39 is 15.9 Å². The minimum absolute atomic E-state index is 0.0732. The Morgan fingerprint density at radius 1 is 1.35 bits per heavy atom. The Bertz CT molecular complexity index is 774. The molecule has 1 aromatic carbocycles. The van der Waals surface area contributed by atoms with Crippen LogP contribution in [0.5, 0.6) is 0 Å². The number of primary amides is 1. The van der Waals surface area contributed by atoms with Crippen LogP contribution in [-0.2, 0) is 10.0 Å². The van der Waals surface area contributed by atoms with Gasteiger partial charge in [0.2, 0.25) is 0 Å².